The van der Waals surface area contributed by atoms with E-state index in [1.54, 1.807) is 19.1 Å². The van der Waals surface area contributed by atoms with E-state index in [4.69, 9.17) is 9.47 Å². The van der Waals surface area contributed by atoms with Crippen LogP contribution in [0.2, 0.25) is 0 Å². The number of nitrogens with one attached hydrogen (secondary N) is 1. The number of halogens is 3. The molecular weight excluding hydrogens is 523 g/mol. The van der Waals surface area contributed by atoms with Gasteiger partial charge in [-0.3, -0.25) is 4.79 Å². The van der Waals surface area contributed by atoms with Gasteiger partial charge >= 0.3 is 0 Å². The number of sulfonamides is 1. The number of nitrogens with zero attached hydrogens (tertiary/aromatic N) is 2. The lowest BCUT2D eigenvalue weighted by Gasteiger charge is -2.34. The highest BCUT2D eigenvalue weighted by Crippen LogP contribution is 2.40. The van der Waals surface area contributed by atoms with Gasteiger partial charge in [-0.05, 0) is 49.2 Å². The first kappa shape index (κ1) is 27.4. The topological polar surface area (TPSA) is 107 Å². The zero-order chi connectivity index (χ0) is 27.7. The second kappa shape index (κ2) is 10.6. The Bertz CT molecular complexity index is 1460. The third-order valence-electron chi connectivity index (χ3n) is 5.55. The third kappa shape index (κ3) is 6.60. The molecule has 1 N–H and O–H groups in total. The highest BCUT2D eigenvalue weighted by Gasteiger charge is 2.47. The molecule has 3 aromatic rings. The number of amides is 1. The molecule has 1 amide bonds. The zero-order valence-electron chi connectivity index (χ0n) is 20.9. The van der Waals surface area contributed by atoms with Gasteiger partial charge in [-0.2, -0.15) is 8.42 Å². The Morgan fingerprint density at radius 2 is 1.87 bits per heavy atom. The maximum Gasteiger partial charge on any atom is 0.281 e. The Balaban J connectivity index is 1.67. The molecule has 38 heavy (non-hydrogen) atoms. The molecule has 1 fully saturated rings. The van der Waals surface area contributed by atoms with Crippen LogP contribution in [0.1, 0.15) is 42.7 Å². The summed E-state index contributed by atoms with van der Waals surface area (Å²) < 4.78 is 79.7. The van der Waals surface area contributed by atoms with Crippen molar-refractivity contribution in [3.63, 3.8) is 0 Å². The maximum absolute atomic E-state index is 14.3. The summed E-state index contributed by atoms with van der Waals surface area (Å²) in [6, 6.07) is 10.9. The van der Waals surface area contributed by atoms with Crippen LogP contribution in [0.3, 0.4) is 0 Å². The molecule has 4 rings (SSSR count). The predicted molar refractivity (Wildman–Crippen MR) is 132 cm³/mol. The fraction of sp³-hybridized carbons (Fsp3) is 0.346. The molecule has 0 radical (unpaired) electrons. The van der Waals surface area contributed by atoms with Crippen molar-refractivity contribution >= 4 is 15.9 Å². The fourth-order valence-corrected chi connectivity index (χ4v) is 4.65. The first-order chi connectivity index (χ1) is 17.8. The smallest absolute Gasteiger partial charge is 0.281 e. The van der Waals surface area contributed by atoms with E-state index >= 15 is 0 Å². The molecule has 0 spiro atoms. The van der Waals surface area contributed by atoms with Crippen LogP contribution < -0.4 is 14.2 Å². The molecule has 202 valence electrons. The number of pyridine rings is 2. The van der Waals surface area contributed by atoms with E-state index < -0.39 is 46.6 Å². The minimum Gasteiger partial charge on any atom is -0.493 e. The monoisotopic (exact) mass is 549 g/mol. The van der Waals surface area contributed by atoms with Gasteiger partial charge in [-0.1, -0.05) is 19.9 Å². The van der Waals surface area contributed by atoms with Gasteiger partial charge in [0.15, 0.2) is 5.03 Å². The Morgan fingerprint density at radius 1 is 1.13 bits per heavy atom. The molecule has 1 aliphatic carbocycles. The summed E-state index contributed by atoms with van der Waals surface area (Å²) in [5.74, 6) is -4.49. The van der Waals surface area contributed by atoms with Crippen LogP contribution in [-0.4, -0.2) is 42.9 Å². The minimum absolute atomic E-state index is 0.166. The number of aryl methyl sites for hydroxylation is 1. The molecular formula is C26H26F3N3O5S. The Labute approximate surface area is 218 Å². The molecule has 8 nitrogen and oxygen atoms in total. The molecule has 0 bridgehead atoms. The Kier molecular flexibility index (Phi) is 7.63. The van der Waals surface area contributed by atoms with Gasteiger partial charge < -0.3 is 9.47 Å². The minimum atomic E-state index is -4.35. The SMILES string of the molecule is Cc1cccc(S(=O)(=O)NC(=O)c2ccc(-c3cc(F)cc(OCC(C)C)c3)nc2OC2CC(F)(F)C2)n1. The molecule has 12 heteroatoms. The van der Waals surface area contributed by atoms with E-state index in [-0.39, 0.29) is 39.4 Å². The van der Waals surface area contributed by atoms with Crippen LogP contribution in [0.5, 0.6) is 11.6 Å². The van der Waals surface area contributed by atoms with Crippen molar-refractivity contribution in [2.75, 3.05) is 6.61 Å². The van der Waals surface area contributed by atoms with Crippen molar-refractivity contribution in [1.82, 2.24) is 14.7 Å². The van der Waals surface area contributed by atoms with Gasteiger partial charge in [0.2, 0.25) is 5.88 Å². The third-order valence-corrected chi connectivity index (χ3v) is 6.78. The van der Waals surface area contributed by atoms with E-state index in [0.29, 0.717) is 12.3 Å². The van der Waals surface area contributed by atoms with Gasteiger partial charge in [-0.25, -0.2) is 27.9 Å². The standard InChI is InChI=1S/C26H26F3N3O5S/c1-15(2)14-36-19-10-17(9-18(27)11-19)22-8-7-21(25(31-22)37-20-12-26(28,29)13-20)24(33)32-38(34,35)23-6-4-5-16(3)30-23/h4-11,15,20H,12-14H2,1-3H3,(H,32,33). The summed E-state index contributed by atoms with van der Waals surface area (Å²) in [4.78, 5) is 21.2. The van der Waals surface area contributed by atoms with Gasteiger partial charge in [-0.15, -0.1) is 0 Å². The number of hydrogen-bond acceptors (Lipinski definition) is 7. The van der Waals surface area contributed by atoms with E-state index in [9.17, 15) is 26.4 Å². The van der Waals surface area contributed by atoms with E-state index in [1.165, 1.54) is 36.4 Å². The summed E-state index contributed by atoms with van der Waals surface area (Å²) in [6.45, 7) is 5.82. The summed E-state index contributed by atoms with van der Waals surface area (Å²) in [5, 5.41) is -0.370. The first-order valence-electron chi connectivity index (χ1n) is 11.8. The summed E-state index contributed by atoms with van der Waals surface area (Å²) in [7, 11) is -4.35. The van der Waals surface area contributed by atoms with Crippen molar-refractivity contribution in [3.8, 4) is 22.9 Å². The lowest BCUT2D eigenvalue weighted by atomic mass is 9.91. The van der Waals surface area contributed by atoms with Crippen LogP contribution in [0.25, 0.3) is 11.3 Å². The molecule has 1 aromatic carbocycles. The number of rotatable bonds is 9. The predicted octanol–water partition coefficient (Wildman–Crippen LogP) is 4.92. The molecule has 2 aromatic heterocycles. The molecule has 0 aliphatic heterocycles. The summed E-state index contributed by atoms with van der Waals surface area (Å²) in [5.41, 5.74) is 0.580. The number of carbonyl (C=O) groups is 1. The normalized spacial score (nSPS) is 15.1. The number of ether oxygens (including phenoxy) is 2. The Hall–Kier alpha value is -3.67. The lowest BCUT2D eigenvalue weighted by molar-refractivity contribution is -0.135. The van der Waals surface area contributed by atoms with Gasteiger partial charge in [0.25, 0.3) is 21.9 Å². The number of hydrogen-bond donors (Lipinski definition) is 1. The van der Waals surface area contributed by atoms with Crippen molar-refractivity contribution in [2.24, 2.45) is 5.92 Å². The van der Waals surface area contributed by atoms with Crippen LogP contribution in [0, 0.1) is 18.7 Å². The van der Waals surface area contributed by atoms with E-state index in [0.717, 1.165) is 0 Å². The highest BCUT2D eigenvalue weighted by atomic mass is 32.2. The van der Waals surface area contributed by atoms with Gasteiger partial charge in [0, 0.05) is 30.2 Å². The zero-order valence-corrected chi connectivity index (χ0v) is 21.7. The van der Waals surface area contributed by atoms with Crippen molar-refractivity contribution in [3.05, 3.63) is 65.6 Å². The van der Waals surface area contributed by atoms with Gasteiger partial charge in [0.1, 0.15) is 23.2 Å². The number of carbonyl (C=O) groups excluding carboxylic acids is 1. The van der Waals surface area contributed by atoms with Crippen molar-refractivity contribution in [1.29, 1.82) is 0 Å². The second-order valence-electron chi connectivity index (χ2n) is 9.49. The van der Waals surface area contributed by atoms with Crippen molar-refractivity contribution < 1.29 is 35.9 Å². The number of aromatic nitrogens is 2. The average Bonchev–Trinajstić information content (AvgIpc) is 2.81. The number of benzene rings is 1. The highest BCUT2D eigenvalue weighted by molar-refractivity contribution is 7.90. The van der Waals surface area contributed by atoms with E-state index in [1.807, 2.05) is 18.6 Å². The molecule has 1 aliphatic rings. The average molecular weight is 550 g/mol. The molecule has 0 unspecified atom stereocenters. The van der Waals surface area contributed by atoms with Crippen LogP contribution in [0.15, 0.2) is 53.6 Å². The Morgan fingerprint density at radius 3 is 2.53 bits per heavy atom. The maximum atomic E-state index is 14.3. The summed E-state index contributed by atoms with van der Waals surface area (Å²) >= 11 is 0. The molecule has 0 atom stereocenters. The molecule has 2 heterocycles. The fourth-order valence-electron chi connectivity index (χ4n) is 3.67. The van der Waals surface area contributed by atoms with Crippen LogP contribution >= 0.6 is 0 Å². The molecule has 0 saturated heterocycles. The van der Waals surface area contributed by atoms with E-state index in [2.05, 4.69) is 9.97 Å². The molecule has 1 saturated carbocycles. The first-order valence-corrected chi connectivity index (χ1v) is 13.3. The quantitative estimate of drug-likeness (QED) is 0.404. The second-order valence-corrected chi connectivity index (χ2v) is 11.1. The number of alkyl halides is 2. The van der Waals surface area contributed by atoms with Crippen LogP contribution in [-0.2, 0) is 10.0 Å². The lowest BCUT2D eigenvalue weighted by Crippen LogP contribution is -2.43. The van der Waals surface area contributed by atoms with Crippen LogP contribution in [0.4, 0.5) is 13.2 Å². The summed E-state index contributed by atoms with van der Waals surface area (Å²) in [6.07, 6.45) is -2.11. The van der Waals surface area contributed by atoms with Crippen molar-refractivity contribution in [2.45, 2.75) is 50.7 Å². The largest absolute Gasteiger partial charge is 0.493 e. The van der Waals surface area contributed by atoms with Gasteiger partial charge in [0.05, 0.1) is 12.3 Å².